The smallest absolute Gasteiger partial charge is 0.274 e. The Balaban J connectivity index is 2.51. The third-order valence-electron chi connectivity index (χ3n) is 2.58. The van der Waals surface area contributed by atoms with Crippen LogP contribution < -0.4 is 5.73 Å². The van der Waals surface area contributed by atoms with E-state index in [0.29, 0.717) is 6.54 Å². The van der Waals surface area contributed by atoms with Crippen LogP contribution in [0.2, 0.25) is 0 Å². The van der Waals surface area contributed by atoms with Gasteiger partial charge in [-0.3, -0.25) is 0 Å². The molecule has 0 fully saturated rings. The van der Waals surface area contributed by atoms with Crippen molar-refractivity contribution < 1.29 is 8.78 Å². The van der Waals surface area contributed by atoms with E-state index in [9.17, 15) is 8.78 Å². The van der Waals surface area contributed by atoms with Crippen molar-refractivity contribution in [3.63, 3.8) is 0 Å². The minimum atomic E-state index is -2.68. The molecule has 3 heteroatoms. The number of rotatable bonds is 1. The fourth-order valence-corrected chi connectivity index (χ4v) is 1.93. The van der Waals surface area contributed by atoms with Crippen molar-refractivity contribution in [2.75, 3.05) is 6.54 Å². The first-order valence-electron chi connectivity index (χ1n) is 4.32. The molecule has 0 saturated carbocycles. The molecular weight excluding hydrogens is 172 g/mol. The molecule has 1 aromatic rings. The van der Waals surface area contributed by atoms with Crippen molar-refractivity contribution in [2.24, 2.45) is 5.73 Å². The van der Waals surface area contributed by atoms with Gasteiger partial charge in [-0.25, -0.2) is 8.78 Å². The molecule has 1 aliphatic carbocycles. The van der Waals surface area contributed by atoms with Gasteiger partial charge in [-0.15, -0.1) is 0 Å². The topological polar surface area (TPSA) is 26.0 Å². The second-order valence-electron chi connectivity index (χ2n) is 3.43. The molecule has 2 N–H and O–H groups in total. The zero-order valence-corrected chi connectivity index (χ0v) is 7.13. The van der Waals surface area contributed by atoms with Crippen LogP contribution in [0.4, 0.5) is 8.78 Å². The lowest BCUT2D eigenvalue weighted by molar-refractivity contribution is -0.00630. The van der Waals surface area contributed by atoms with Crippen molar-refractivity contribution in [3.05, 3.63) is 35.4 Å². The normalized spacial score (nSPS) is 24.4. The number of hydrogen-bond donors (Lipinski definition) is 1. The van der Waals surface area contributed by atoms with Gasteiger partial charge in [0.2, 0.25) is 0 Å². The van der Waals surface area contributed by atoms with Crippen LogP contribution in [0.5, 0.6) is 0 Å². The summed E-state index contributed by atoms with van der Waals surface area (Å²) >= 11 is 0. The summed E-state index contributed by atoms with van der Waals surface area (Å²) in [4.78, 5) is 0. The molecule has 0 aliphatic heterocycles. The molecular formula is C10H11F2N. The summed E-state index contributed by atoms with van der Waals surface area (Å²) in [6, 6.07) is 6.66. The number of alkyl halides is 2. The quantitative estimate of drug-likeness (QED) is 0.709. The summed E-state index contributed by atoms with van der Waals surface area (Å²) in [6.45, 7) is 0.298. The van der Waals surface area contributed by atoms with Crippen molar-refractivity contribution in [2.45, 2.75) is 18.3 Å². The highest BCUT2D eigenvalue weighted by molar-refractivity contribution is 5.39. The fourth-order valence-electron chi connectivity index (χ4n) is 1.93. The van der Waals surface area contributed by atoms with Crippen LogP contribution in [0.25, 0.3) is 0 Å². The standard InChI is InChI=1S/C10H11F2N/c11-10(12)5-7(6-13)8-3-1-2-4-9(8)10/h1-4,7H,5-6,13H2. The fraction of sp³-hybridized carbons (Fsp3) is 0.400. The molecule has 0 spiro atoms. The van der Waals surface area contributed by atoms with E-state index >= 15 is 0 Å². The van der Waals surface area contributed by atoms with E-state index in [0.717, 1.165) is 5.56 Å². The van der Waals surface area contributed by atoms with Gasteiger partial charge in [0.05, 0.1) is 0 Å². The Labute approximate surface area is 75.6 Å². The van der Waals surface area contributed by atoms with Crippen molar-refractivity contribution in [1.82, 2.24) is 0 Å². The molecule has 0 saturated heterocycles. The number of halogens is 2. The average Bonchev–Trinajstić information content (AvgIpc) is 2.39. The highest BCUT2D eigenvalue weighted by atomic mass is 19.3. The number of nitrogens with two attached hydrogens (primary N) is 1. The average molecular weight is 183 g/mol. The SMILES string of the molecule is NCC1CC(F)(F)c2ccccc21. The van der Waals surface area contributed by atoms with Gasteiger partial charge in [0.15, 0.2) is 0 Å². The summed E-state index contributed by atoms with van der Waals surface area (Å²) in [7, 11) is 0. The highest BCUT2D eigenvalue weighted by Crippen LogP contribution is 2.47. The lowest BCUT2D eigenvalue weighted by atomic mass is 10.0. The maximum atomic E-state index is 13.3. The zero-order valence-electron chi connectivity index (χ0n) is 7.13. The lowest BCUT2D eigenvalue weighted by Crippen LogP contribution is -2.12. The predicted molar refractivity (Wildman–Crippen MR) is 46.7 cm³/mol. The Morgan fingerprint density at radius 2 is 2.08 bits per heavy atom. The van der Waals surface area contributed by atoms with Crippen molar-refractivity contribution >= 4 is 0 Å². The molecule has 0 heterocycles. The molecule has 0 radical (unpaired) electrons. The molecule has 13 heavy (non-hydrogen) atoms. The first-order valence-corrected chi connectivity index (χ1v) is 4.32. The third kappa shape index (κ3) is 1.23. The second kappa shape index (κ2) is 2.77. The molecule has 0 amide bonds. The minimum Gasteiger partial charge on any atom is -0.330 e. The van der Waals surface area contributed by atoms with E-state index < -0.39 is 5.92 Å². The van der Waals surface area contributed by atoms with Gasteiger partial charge in [-0.05, 0) is 12.1 Å². The molecule has 1 unspecified atom stereocenters. The molecule has 1 nitrogen and oxygen atoms in total. The second-order valence-corrected chi connectivity index (χ2v) is 3.43. The van der Waals surface area contributed by atoms with Crippen molar-refractivity contribution in [3.8, 4) is 0 Å². The first-order chi connectivity index (χ1) is 6.15. The zero-order chi connectivity index (χ0) is 9.47. The number of fused-ring (bicyclic) bond motifs is 1. The van der Waals surface area contributed by atoms with Crippen molar-refractivity contribution in [1.29, 1.82) is 0 Å². The van der Waals surface area contributed by atoms with Gasteiger partial charge in [-0.2, -0.15) is 0 Å². The van der Waals surface area contributed by atoms with Gasteiger partial charge >= 0.3 is 0 Å². The minimum absolute atomic E-state index is 0.136. The van der Waals surface area contributed by atoms with E-state index in [1.54, 1.807) is 18.2 Å². The van der Waals surface area contributed by atoms with Crippen LogP contribution in [-0.4, -0.2) is 6.54 Å². The number of hydrogen-bond acceptors (Lipinski definition) is 1. The monoisotopic (exact) mass is 183 g/mol. The van der Waals surface area contributed by atoms with Gasteiger partial charge < -0.3 is 5.73 Å². The van der Waals surface area contributed by atoms with Crippen LogP contribution in [0.15, 0.2) is 24.3 Å². The Hall–Kier alpha value is -0.960. The first kappa shape index (κ1) is 8.63. The lowest BCUT2D eigenvalue weighted by Gasteiger charge is -2.08. The number of benzene rings is 1. The summed E-state index contributed by atoms with van der Waals surface area (Å²) in [5.41, 5.74) is 6.31. The Morgan fingerprint density at radius 3 is 2.77 bits per heavy atom. The van der Waals surface area contributed by atoms with Gasteiger partial charge in [0.1, 0.15) is 0 Å². The van der Waals surface area contributed by atoms with E-state index in [-0.39, 0.29) is 17.9 Å². The maximum absolute atomic E-state index is 13.3. The molecule has 2 rings (SSSR count). The largest absolute Gasteiger partial charge is 0.330 e. The van der Waals surface area contributed by atoms with Gasteiger partial charge in [-0.1, -0.05) is 24.3 Å². The van der Waals surface area contributed by atoms with Crippen LogP contribution in [0, 0.1) is 0 Å². The third-order valence-corrected chi connectivity index (χ3v) is 2.58. The van der Waals surface area contributed by atoms with E-state index in [2.05, 4.69) is 0 Å². The van der Waals surface area contributed by atoms with E-state index in [1.165, 1.54) is 6.07 Å². The Morgan fingerprint density at radius 1 is 1.38 bits per heavy atom. The van der Waals surface area contributed by atoms with Crippen LogP contribution in [0.3, 0.4) is 0 Å². The van der Waals surface area contributed by atoms with Crippen LogP contribution >= 0.6 is 0 Å². The van der Waals surface area contributed by atoms with Gasteiger partial charge in [0.25, 0.3) is 5.92 Å². The summed E-state index contributed by atoms with van der Waals surface area (Å²) in [5.74, 6) is -2.85. The predicted octanol–water partition coefficient (Wildman–Crippen LogP) is 2.22. The van der Waals surface area contributed by atoms with E-state index in [4.69, 9.17) is 5.73 Å². The molecule has 70 valence electrons. The molecule has 1 aliphatic rings. The molecule has 1 atom stereocenters. The molecule has 0 aromatic heterocycles. The van der Waals surface area contributed by atoms with E-state index in [1.807, 2.05) is 0 Å². The van der Waals surface area contributed by atoms with Crippen LogP contribution in [-0.2, 0) is 5.92 Å². The maximum Gasteiger partial charge on any atom is 0.274 e. The summed E-state index contributed by atoms with van der Waals surface area (Å²) in [6.07, 6.45) is -0.136. The summed E-state index contributed by atoms with van der Waals surface area (Å²) < 4.78 is 26.6. The highest BCUT2D eigenvalue weighted by Gasteiger charge is 2.43. The Bertz CT molecular complexity index is 322. The van der Waals surface area contributed by atoms with Gasteiger partial charge in [0, 0.05) is 17.9 Å². The molecule has 1 aromatic carbocycles. The molecule has 0 bridgehead atoms. The summed E-state index contributed by atoms with van der Waals surface area (Å²) in [5, 5.41) is 0. The Kier molecular flexibility index (Phi) is 1.84. The van der Waals surface area contributed by atoms with Crippen LogP contribution in [0.1, 0.15) is 23.5 Å².